The summed E-state index contributed by atoms with van der Waals surface area (Å²) in [5.41, 5.74) is -0.0768. The third kappa shape index (κ3) is 2.69. The summed E-state index contributed by atoms with van der Waals surface area (Å²) in [5.74, 6) is -3.01. The Morgan fingerprint density at radius 1 is 0.950 bits per heavy atom. The minimum Gasteiger partial charge on any atom is -0.504 e. The molecule has 0 bridgehead atoms. The Morgan fingerprint density at radius 2 is 1.60 bits per heavy atom. The van der Waals surface area contributed by atoms with Gasteiger partial charge in [0.2, 0.25) is 0 Å². The molecule has 0 saturated carbocycles. The lowest BCUT2D eigenvalue weighted by atomic mass is 10.1. The molecule has 6 heteroatoms. The third-order valence-electron chi connectivity index (χ3n) is 2.62. The van der Waals surface area contributed by atoms with Crippen LogP contribution in [0.4, 0.5) is 5.69 Å². The summed E-state index contributed by atoms with van der Waals surface area (Å²) < 4.78 is 0. The van der Waals surface area contributed by atoms with Crippen molar-refractivity contribution < 1.29 is 24.9 Å². The topological polar surface area (TPSA) is 107 Å². The van der Waals surface area contributed by atoms with Crippen molar-refractivity contribution in [3.63, 3.8) is 0 Å². The van der Waals surface area contributed by atoms with Crippen LogP contribution in [0.5, 0.6) is 11.5 Å². The monoisotopic (exact) mass is 273 g/mol. The maximum Gasteiger partial charge on any atom is 0.335 e. The van der Waals surface area contributed by atoms with Gasteiger partial charge in [-0.2, -0.15) is 0 Å². The highest BCUT2D eigenvalue weighted by atomic mass is 16.4. The smallest absolute Gasteiger partial charge is 0.335 e. The van der Waals surface area contributed by atoms with Crippen molar-refractivity contribution in [1.29, 1.82) is 0 Å². The Bertz CT molecular complexity index is 667. The van der Waals surface area contributed by atoms with Crippen molar-refractivity contribution in [2.45, 2.75) is 0 Å². The molecule has 4 N–H and O–H groups in total. The molecule has 0 unspecified atom stereocenters. The van der Waals surface area contributed by atoms with Crippen LogP contribution < -0.4 is 5.32 Å². The van der Waals surface area contributed by atoms with E-state index in [9.17, 15) is 19.8 Å². The number of carboxylic acids is 1. The summed E-state index contributed by atoms with van der Waals surface area (Å²) in [5, 5.41) is 30.3. The highest BCUT2D eigenvalue weighted by Crippen LogP contribution is 2.34. The maximum absolute atomic E-state index is 11.9. The molecule has 1 amide bonds. The van der Waals surface area contributed by atoms with E-state index < -0.39 is 23.4 Å². The van der Waals surface area contributed by atoms with Crippen LogP contribution in [0.2, 0.25) is 0 Å². The van der Waals surface area contributed by atoms with Gasteiger partial charge in [0, 0.05) is 5.56 Å². The SMILES string of the molecule is O=C(O)c1cc(O)c(O)c(NC(=O)c2ccccc2)c1. The zero-order valence-corrected chi connectivity index (χ0v) is 10.2. The van der Waals surface area contributed by atoms with Crippen molar-refractivity contribution in [3.05, 3.63) is 53.6 Å². The number of nitrogens with one attached hydrogen (secondary N) is 1. The molecule has 0 aliphatic carbocycles. The number of phenolic OH excluding ortho intramolecular Hbond substituents is 2. The van der Waals surface area contributed by atoms with Gasteiger partial charge in [-0.25, -0.2) is 4.79 Å². The number of amides is 1. The number of carbonyl (C=O) groups excluding carboxylic acids is 1. The fourth-order valence-corrected chi connectivity index (χ4v) is 1.62. The second kappa shape index (κ2) is 5.31. The van der Waals surface area contributed by atoms with E-state index in [0.29, 0.717) is 5.56 Å². The predicted octanol–water partition coefficient (Wildman–Crippen LogP) is 2.05. The molecule has 102 valence electrons. The Balaban J connectivity index is 2.34. The predicted molar refractivity (Wildman–Crippen MR) is 71.1 cm³/mol. The van der Waals surface area contributed by atoms with E-state index in [1.165, 1.54) is 0 Å². The van der Waals surface area contributed by atoms with Gasteiger partial charge in [-0.3, -0.25) is 4.79 Å². The van der Waals surface area contributed by atoms with Gasteiger partial charge in [0.15, 0.2) is 11.5 Å². The number of hydrogen-bond acceptors (Lipinski definition) is 4. The van der Waals surface area contributed by atoms with Crippen LogP contribution in [0.25, 0.3) is 0 Å². The second-order valence-corrected chi connectivity index (χ2v) is 4.02. The highest BCUT2D eigenvalue weighted by Gasteiger charge is 2.15. The van der Waals surface area contributed by atoms with Gasteiger partial charge in [-0.1, -0.05) is 18.2 Å². The molecule has 20 heavy (non-hydrogen) atoms. The average molecular weight is 273 g/mol. The van der Waals surface area contributed by atoms with Crippen molar-refractivity contribution in [3.8, 4) is 11.5 Å². The number of carbonyl (C=O) groups is 2. The van der Waals surface area contributed by atoms with Crippen molar-refractivity contribution in [2.75, 3.05) is 5.32 Å². The molecule has 2 aromatic rings. The molecule has 0 fully saturated rings. The van der Waals surface area contributed by atoms with Gasteiger partial charge >= 0.3 is 5.97 Å². The fourth-order valence-electron chi connectivity index (χ4n) is 1.62. The van der Waals surface area contributed by atoms with E-state index >= 15 is 0 Å². The first-order chi connectivity index (χ1) is 9.49. The zero-order chi connectivity index (χ0) is 14.7. The number of aromatic hydroxyl groups is 2. The molecule has 6 nitrogen and oxygen atoms in total. The van der Waals surface area contributed by atoms with Gasteiger partial charge < -0.3 is 20.6 Å². The maximum atomic E-state index is 11.9. The number of hydrogen-bond donors (Lipinski definition) is 4. The van der Waals surface area contributed by atoms with E-state index in [0.717, 1.165) is 12.1 Å². The number of anilines is 1. The zero-order valence-electron chi connectivity index (χ0n) is 10.2. The molecule has 0 saturated heterocycles. The lowest BCUT2D eigenvalue weighted by Crippen LogP contribution is -2.12. The standard InChI is InChI=1S/C14H11NO5/c16-11-7-9(14(19)20)6-10(12(11)17)15-13(18)8-4-2-1-3-5-8/h1-7,16-17H,(H,15,18)(H,19,20). The molecule has 0 aliphatic heterocycles. The summed E-state index contributed by atoms with van der Waals surface area (Å²) >= 11 is 0. The fraction of sp³-hybridized carbons (Fsp3) is 0. The summed E-state index contributed by atoms with van der Waals surface area (Å²) in [4.78, 5) is 22.8. The minimum absolute atomic E-state index is 0.170. The molecular weight excluding hydrogens is 262 g/mol. The van der Waals surface area contributed by atoms with Crippen LogP contribution in [0.15, 0.2) is 42.5 Å². The van der Waals surface area contributed by atoms with Gasteiger partial charge in [0.25, 0.3) is 5.91 Å². The molecular formula is C14H11NO5. The molecule has 2 rings (SSSR count). The van der Waals surface area contributed by atoms with Crippen LogP contribution >= 0.6 is 0 Å². The van der Waals surface area contributed by atoms with E-state index in [1.54, 1.807) is 30.3 Å². The largest absolute Gasteiger partial charge is 0.504 e. The van der Waals surface area contributed by atoms with Crippen LogP contribution in [0.3, 0.4) is 0 Å². The number of benzene rings is 2. The van der Waals surface area contributed by atoms with Gasteiger partial charge in [0.05, 0.1) is 11.3 Å². The second-order valence-electron chi connectivity index (χ2n) is 4.02. The summed E-state index contributed by atoms with van der Waals surface area (Å²) in [6.45, 7) is 0. The molecule has 0 aliphatic rings. The lowest BCUT2D eigenvalue weighted by Gasteiger charge is -2.09. The summed E-state index contributed by atoms with van der Waals surface area (Å²) in [6.07, 6.45) is 0. The van der Waals surface area contributed by atoms with Crippen LogP contribution in [0.1, 0.15) is 20.7 Å². The Kier molecular flexibility index (Phi) is 3.56. The van der Waals surface area contributed by atoms with Gasteiger partial charge in [-0.15, -0.1) is 0 Å². The van der Waals surface area contributed by atoms with Crippen LogP contribution in [-0.2, 0) is 0 Å². The Labute approximate surface area is 113 Å². The number of carboxylic acid groups (broad SMARTS) is 1. The number of aromatic carboxylic acids is 1. The number of rotatable bonds is 3. The van der Waals surface area contributed by atoms with E-state index in [4.69, 9.17) is 5.11 Å². The van der Waals surface area contributed by atoms with Gasteiger partial charge in [0.1, 0.15) is 0 Å². The van der Waals surface area contributed by atoms with Crippen molar-refractivity contribution in [1.82, 2.24) is 0 Å². The van der Waals surface area contributed by atoms with Gasteiger partial charge in [-0.05, 0) is 24.3 Å². The quantitative estimate of drug-likeness (QED) is 0.640. The molecule has 0 heterocycles. The molecule has 0 spiro atoms. The van der Waals surface area contributed by atoms with Crippen molar-refractivity contribution in [2.24, 2.45) is 0 Å². The lowest BCUT2D eigenvalue weighted by molar-refractivity contribution is 0.0696. The highest BCUT2D eigenvalue weighted by molar-refractivity contribution is 6.06. The minimum atomic E-state index is -1.28. The van der Waals surface area contributed by atoms with E-state index in [1.807, 2.05) is 0 Å². The van der Waals surface area contributed by atoms with Crippen molar-refractivity contribution >= 4 is 17.6 Å². The average Bonchev–Trinajstić information content (AvgIpc) is 2.44. The van der Waals surface area contributed by atoms with E-state index in [2.05, 4.69) is 5.32 Å². The normalized spacial score (nSPS) is 10.0. The third-order valence-corrected chi connectivity index (χ3v) is 2.62. The Morgan fingerprint density at radius 3 is 2.20 bits per heavy atom. The van der Waals surface area contributed by atoms with Crippen LogP contribution in [0, 0.1) is 0 Å². The molecule has 0 atom stereocenters. The first kappa shape index (κ1) is 13.4. The Hall–Kier alpha value is -3.02. The number of phenols is 2. The van der Waals surface area contributed by atoms with E-state index in [-0.39, 0.29) is 11.3 Å². The van der Waals surface area contributed by atoms with Crippen LogP contribution in [-0.4, -0.2) is 27.2 Å². The summed E-state index contributed by atoms with van der Waals surface area (Å²) in [6, 6.07) is 10.2. The molecule has 0 radical (unpaired) electrons. The molecule has 0 aromatic heterocycles. The summed E-state index contributed by atoms with van der Waals surface area (Å²) in [7, 11) is 0. The first-order valence-electron chi connectivity index (χ1n) is 5.64. The molecule has 2 aromatic carbocycles. The first-order valence-corrected chi connectivity index (χ1v) is 5.64.